The molecule has 0 bridgehead atoms. The highest BCUT2D eigenvalue weighted by Crippen LogP contribution is 2.40. The quantitative estimate of drug-likeness (QED) is 0.877. The Kier molecular flexibility index (Phi) is 2.48. The molecule has 1 fully saturated rings. The lowest BCUT2D eigenvalue weighted by Crippen LogP contribution is -2.01. The van der Waals surface area contributed by atoms with Gasteiger partial charge in [0.25, 0.3) is 0 Å². The van der Waals surface area contributed by atoms with Crippen molar-refractivity contribution in [3.63, 3.8) is 0 Å². The van der Waals surface area contributed by atoms with E-state index in [1.54, 1.807) is 6.92 Å². The third-order valence-corrected chi connectivity index (χ3v) is 3.29. The molecule has 0 radical (unpaired) electrons. The molecule has 88 valence electrons. The summed E-state index contributed by atoms with van der Waals surface area (Å²) in [7, 11) is 0. The third-order valence-electron chi connectivity index (χ3n) is 3.29. The van der Waals surface area contributed by atoms with Crippen LogP contribution in [0, 0.1) is 0 Å². The largest absolute Gasteiger partial charge is 0.389 e. The first-order chi connectivity index (χ1) is 8.25. The molecule has 2 aromatic rings. The molecule has 1 N–H and O–H groups in total. The number of hydrogen-bond acceptors (Lipinski definition) is 2. The fourth-order valence-electron chi connectivity index (χ4n) is 2.11. The molecule has 1 aliphatic rings. The van der Waals surface area contributed by atoms with Crippen LogP contribution in [0.15, 0.2) is 36.5 Å². The van der Waals surface area contributed by atoms with Crippen molar-refractivity contribution in [2.45, 2.75) is 31.8 Å². The van der Waals surface area contributed by atoms with Gasteiger partial charge in [0.15, 0.2) is 0 Å². The van der Waals surface area contributed by atoms with Gasteiger partial charge in [-0.05, 0) is 43.5 Å². The van der Waals surface area contributed by atoms with E-state index < -0.39 is 6.10 Å². The Morgan fingerprint density at radius 3 is 2.53 bits per heavy atom. The summed E-state index contributed by atoms with van der Waals surface area (Å²) in [6.07, 6.45) is 4.00. The van der Waals surface area contributed by atoms with Crippen molar-refractivity contribution in [1.29, 1.82) is 0 Å². The maximum Gasteiger partial charge on any atom is 0.0761 e. The molecule has 3 rings (SSSR count). The van der Waals surface area contributed by atoms with E-state index in [4.69, 9.17) is 0 Å². The Hall–Kier alpha value is -1.61. The number of benzene rings is 1. The zero-order chi connectivity index (χ0) is 11.8. The fraction of sp³-hybridized carbons (Fsp3) is 0.357. The zero-order valence-corrected chi connectivity index (χ0v) is 9.87. The summed E-state index contributed by atoms with van der Waals surface area (Å²) in [6, 6.07) is 10.0. The van der Waals surface area contributed by atoms with Gasteiger partial charge in [-0.2, -0.15) is 5.10 Å². The highest BCUT2D eigenvalue weighted by Gasteiger charge is 2.27. The first-order valence-corrected chi connectivity index (χ1v) is 6.08. The summed E-state index contributed by atoms with van der Waals surface area (Å²) in [5, 5.41) is 13.9. The summed E-state index contributed by atoms with van der Waals surface area (Å²) in [6.45, 7) is 1.78. The Morgan fingerprint density at radius 2 is 1.94 bits per heavy atom. The molecule has 0 aliphatic heterocycles. The maximum atomic E-state index is 9.48. The van der Waals surface area contributed by atoms with Gasteiger partial charge in [0.05, 0.1) is 11.8 Å². The summed E-state index contributed by atoms with van der Waals surface area (Å²) in [5.41, 5.74) is 3.31. The molecule has 0 saturated heterocycles. The third kappa shape index (κ3) is 1.98. The van der Waals surface area contributed by atoms with Crippen molar-refractivity contribution < 1.29 is 5.11 Å². The molecule has 1 heterocycles. The minimum absolute atomic E-state index is 0.412. The van der Waals surface area contributed by atoms with Crippen molar-refractivity contribution >= 4 is 0 Å². The van der Waals surface area contributed by atoms with Crippen LogP contribution in [0.4, 0.5) is 0 Å². The molecular formula is C14H16N2O. The summed E-state index contributed by atoms with van der Waals surface area (Å²) < 4.78 is 2.00. The van der Waals surface area contributed by atoms with Crippen molar-refractivity contribution in [1.82, 2.24) is 9.78 Å². The highest BCUT2D eigenvalue weighted by molar-refractivity contribution is 5.37. The zero-order valence-electron chi connectivity index (χ0n) is 9.87. The Labute approximate surface area is 101 Å². The maximum absolute atomic E-state index is 9.48. The number of nitrogens with zero attached hydrogens (tertiary/aromatic N) is 2. The lowest BCUT2D eigenvalue weighted by Gasteiger charge is -2.09. The first kappa shape index (κ1) is 10.5. The van der Waals surface area contributed by atoms with Gasteiger partial charge in [0, 0.05) is 17.8 Å². The van der Waals surface area contributed by atoms with Crippen LogP contribution in [0.25, 0.3) is 5.69 Å². The second kappa shape index (κ2) is 4.00. The smallest absolute Gasteiger partial charge is 0.0761 e. The molecule has 1 atom stereocenters. The van der Waals surface area contributed by atoms with Crippen LogP contribution >= 0.6 is 0 Å². The second-order valence-corrected chi connectivity index (χ2v) is 4.71. The molecule has 1 saturated carbocycles. The van der Waals surface area contributed by atoms with Gasteiger partial charge in [-0.3, -0.25) is 0 Å². The van der Waals surface area contributed by atoms with Gasteiger partial charge in [-0.1, -0.05) is 12.1 Å². The minimum atomic E-state index is -0.412. The van der Waals surface area contributed by atoms with Crippen LogP contribution in [0.3, 0.4) is 0 Å². The molecule has 17 heavy (non-hydrogen) atoms. The van der Waals surface area contributed by atoms with E-state index in [2.05, 4.69) is 11.2 Å². The van der Waals surface area contributed by atoms with Crippen LogP contribution in [-0.4, -0.2) is 14.9 Å². The van der Waals surface area contributed by atoms with E-state index in [0.29, 0.717) is 5.92 Å². The molecule has 0 amide bonds. The van der Waals surface area contributed by atoms with Crippen molar-refractivity contribution in [3.05, 3.63) is 47.8 Å². The van der Waals surface area contributed by atoms with Crippen LogP contribution < -0.4 is 0 Å². The summed E-state index contributed by atoms with van der Waals surface area (Å²) in [5.74, 6) is 0.689. The lowest BCUT2D eigenvalue weighted by molar-refractivity contribution is 0.199. The van der Waals surface area contributed by atoms with Crippen molar-refractivity contribution in [3.8, 4) is 5.69 Å². The lowest BCUT2D eigenvalue weighted by atomic mass is 10.1. The Balaban J connectivity index is 1.95. The van der Waals surface area contributed by atoms with Crippen LogP contribution in [0.2, 0.25) is 0 Å². The van der Waals surface area contributed by atoms with E-state index in [9.17, 15) is 5.11 Å². The van der Waals surface area contributed by atoms with Crippen LogP contribution in [0.5, 0.6) is 0 Å². The Bertz CT molecular complexity index is 509. The molecule has 1 unspecified atom stereocenters. The number of aliphatic hydroxyl groups is 1. The average Bonchev–Trinajstić information content (AvgIpc) is 3.07. The standard InChI is InChI=1S/C14H16N2O/c1-10(17)11-4-6-13(7-5-11)16-14(8-9-15-16)12-2-3-12/h4-10,12,17H,2-3H2,1H3. The van der Waals surface area contributed by atoms with Gasteiger partial charge in [-0.15, -0.1) is 0 Å². The van der Waals surface area contributed by atoms with Gasteiger partial charge in [0.2, 0.25) is 0 Å². The number of hydrogen-bond donors (Lipinski definition) is 1. The van der Waals surface area contributed by atoms with Gasteiger partial charge in [0.1, 0.15) is 0 Å². The van der Waals surface area contributed by atoms with E-state index >= 15 is 0 Å². The minimum Gasteiger partial charge on any atom is -0.389 e. The van der Waals surface area contributed by atoms with Gasteiger partial charge in [-0.25, -0.2) is 4.68 Å². The number of aliphatic hydroxyl groups excluding tert-OH is 1. The first-order valence-electron chi connectivity index (χ1n) is 6.08. The van der Waals surface area contributed by atoms with Crippen molar-refractivity contribution in [2.75, 3.05) is 0 Å². The molecule has 1 aromatic carbocycles. The average molecular weight is 228 g/mol. The monoisotopic (exact) mass is 228 g/mol. The number of aromatic nitrogens is 2. The molecule has 1 aromatic heterocycles. The van der Waals surface area contributed by atoms with Crippen LogP contribution in [-0.2, 0) is 0 Å². The van der Waals surface area contributed by atoms with E-state index in [0.717, 1.165) is 11.3 Å². The SMILES string of the molecule is CC(O)c1ccc(-n2nccc2C2CC2)cc1. The predicted molar refractivity (Wildman–Crippen MR) is 66.2 cm³/mol. The van der Waals surface area contributed by atoms with E-state index in [1.807, 2.05) is 35.1 Å². The summed E-state index contributed by atoms with van der Waals surface area (Å²) >= 11 is 0. The normalized spacial score (nSPS) is 17.1. The fourth-order valence-corrected chi connectivity index (χ4v) is 2.11. The Morgan fingerprint density at radius 1 is 1.24 bits per heavy atom. The molecule has 1 aliphatic carbocycles. The molecular weight excluding hydrogens is 212 g/mol. The van der Waals surface area contributed by atoms with Gasteiger partial charge >= 0.3 is 0 Å². The second-order valence-electron chi connectivity index (χ2n) is 4.71. The van der Waals surface area contributed by atoms with E-state index in [1.165, 1.54) is 18.5 Å². The van der Waals surface area contributed by atoms with Crippen molar-refractivity contribution in [2.24, 2.45) is 0 Å². The van der Waals surface area contributed by atoms with E-state index in [-0.39, 0.29) is 0 Å². The van der Waals surface area contributed by atoms with Gasteiger partial charge < -0.3 is 5.11 Å². The summed E-state index contributed by atoms with van der Waals surface area (Å²) in [4.78, 5) is 0. The predicted octanol–water partition coefficient (Wildman–Crippen LogP) is 2.80. The number of rotatable bonds is 3. The molecule has 3 heteroatoms. The topological polar surface area (TPSA) is 38.0 Å². The molecule has 0 spiro atoms. The highest BCUT2D eigenvalue weighted by atomic mass is 16.3. The van der Waals surface area contributed by atoms with Crippen LogP contribution in [0.1, 0.15) is 43.0 Å². The molecule has 3 nitrogen and oxygen atoms in total.